The number of morpholine rings is 1. The van der Waals surface area contributed by atoms with Crippen molar-refractivity contribution in [3.8, 4) is 0 Å². The van der Waals surface area contributed by atoms with Crippen molar-refractivity contribution in [3.63, 3.8) is 0 Å². The van der Waals surface area contributed by atoms with Crippen molar-refractivity contribution in [2.45, 2.75) is 64.1 Å². The lowest BCUT2D eigenvalue weighted by molar-refractivity contribution is -0.121. The Labute approximate surface area is 141 Å². The van der Waals surface area contributed by atoms with Crippen LogP contribution in [0.4, 0.5) is 5.13 Å². The van der Waals surface area contributed by atoms with E-state index in [0.29, 0.717) is 17.6 Å². The maximum Gasteiger partial charge on any atom is 0.240 e. The molecule has 1 aromatic heterocycles. The zero-order valence-corrected chi connectivity index (χ0v) is 14.8. The average Bonchev–Trinajstić information content (AvgIpc) is 2.95. The summed E-state index contributed by atoms with van der Waals surface area (Å²) in [6, 6.07) is 0. The second-order valence-corrected chi connectivity index (χ2v) is 7.79. The van der Waals surface area contributed by atoms with Crippen LogP contribution in [0.2, 0.25) is 0 Å². The lowest BCUT2D eigenvalue weighted by Crippen LogP contribution is -2.48. The van der Waals surface area contributed by atoms with Crippen LogP contribution in [0.1, 0.15) is 56.9 Å². The molecule has 0 unspecified atom stereocenters. The van der Waals surface area contributed by atoms with Crippen LogP contribution < -0.4 is 5.32 Å². The largest absolute Gasteiger partial charge is 0.373 e. The van der Waals surface area contributed by atoms with E-state index in [1.54, 1.807) is 0 Å². The second kappa shape index (κ2) is 7.68. The molecule has 1 saturated carbocycles. The van der Waals surface area contributed by atoms with E-state index in [1.807, 2.05) is 13.8 Å². The lowest BCUT2D eigenvalue weighted by Gasteiger charge is -2.34. The molecule has 0 aromatic carbocycles. The van der Waals surface area contributed by atoms with Gasteiger partial charge in [0.2, 0.25) is 11.0 Å². The third kappa shape index (κ3) is 4.71. The highest BCUT2D eigenvalue weighted by molar-refractivity contribution is 7.15. The van der Waals surface area contributed by atoms with Gasteiger partial charge in [-0.1, -0.05) is 30.6 Å². The predicted molar refractivity (Wildman–Crippen MR) is 90.8 cm³/mol. The molecule has 1 amide bonds. The normalized spacial score (nSPS) is 27.0. The van der Waals surface area contributed by atoms with Crippen LogP contribution in [0.3, 0.4) is 0 Å². The maximum absolute atomic E-state index is 12.2. The van der Waals surface area contributed by atoms with E-state index in [1.165, 1.54) is 43.4 Å². The SMILES string of the molecule is C[C@@H]1CN(CC(=O)Nc2nnc(C3CCCCC3)s2)C[C@@H](C)O1. The number of hydrogen-bond acceptors (Lipinski definition) is 6. The minimum atomic E-state index is -0.0161. The number of carbonyl (C=O) groups is 1. The number of nitrogens with one attached hydrogen (secondary N) is 1. The van der Waals surface area contributed by atoms with Crippen LogP contribution in [0, 0.1) is 0 Å². The highest BCUT2D eigenvalue weighted by atomic mass is 32.1. The Bertz CT molecular complexity index is 520. The van der Waals surface area contributed by atoms with Crippen LogP contribution >= 0.6 is 11.3 Å². The Balaban J connectivity index is 1.50. The molecule has 1 aliphatic heterocycles. The van der Waals surface area contributed by atoms with E-state index in [2.05, 4.69) is 20.4 Å². The molecule has 6 nitrogen and oxygen atoms in total. The third-order valence-electron chi connectivity index (χ3n) is 4.50. The van der Waals surface area contributed by atoms with Crippen LogP contribution in [0.15, 0.2) is 0 Å². The van der Waals surface area contributed by atoms with Crippen molar-refractivity contribution >= 4 is 22.4 Å². The van der Waals surface area contributed by atoms with Gasteiger partial charge in [0.25, 0.3) is 0 Å². The molecule has 1 aliphatic carbocycles. The summed E-state index contributed by atoms with van der Waals surface area (Å²) in [6.07, 6.45) is 6.63. The van der Waals surface area contributed by atoms with Gasteiger partial charge in [-0.2, -0.15) is 0 Å². The summed E-state index contributed by atoms with van der Waals surface area (Å²) in [5.74, 6) is 0.519. The predicted octanol–water partition coefficient (Wildman–Crippen LogP) is 2.63. The number of amides is 1. The molecular weight excluding hydrogens is 312 g/mol. The van der Waals surface area contributed by atoms with Crippen molar-refractivity contribution in [2.24, 2.45) is 0 Å². The number of rotatable bonds is 4. The quantitative estimate of drug-likeness (QED) is 0.914. The van der Waals surface area contributed by atoms with Gasteiger partial charge in [0.05, 0.1) is 18.8 Å². The van der Waals surface area contributed by atoms with Crippen molar-refractivity contribution in [2.75, 3.05) is 25.0 Å². The summed E-state index contributed by atoms with van der Waals surface area (Å²) in [5, 5.41) is 13.0. The molecule has 1 N–H and O–H groups in total. The first-order valence-electron chi connectivity index (χ1n) is 8.61. The zero-order chi connectivity index (χ0) is 16.2. The highest BCUT2D eigenvalue weighted by Crippen LogP contribution is 2.35. The Morgan fingerprint density at radius 1 is 1.22 bits per heavy atom. The van der Waals surface area contributed by atoms with E-state index in [9.17, 15) is 4.79 Å². The Hall–Kier alpha value is -1.05. The highest BCUT2D eigenvalue weighted by Gasteiger charge is 2.24. The molecule has 23 heavy (non-hydrogen) atoms. The fraction of sp³-hybridized carbons (Fsp3) is 0.812. The van der Waals surface area contributed by atoms with Crippen LogP contribution in [0.5, 0.6) is 0 Å². The smallest absolute Gasteiger partial charge is 0.240 e. The van der Waals surface area contributed by atoms with Crippen LogP contribution in [-0.2, 0) is 9.53 Å². The van der Waals surface area contributed by atoms with Gasteiger partial charge in [-0.05, 0) is 26.7 Å². The van der Waals surface area contributed by atoms with E-state index >= 15 is 0 Å². The molecule has 2 aliphatic rings. The van der Waals surface area contributed by atoms with Crippen LogP contribution in [0.25, 0.3) is 0 Å². The van der Waals surface area contributed by atoms with Crippen molar-refractivity contribution in [3.05, 3.63) is 5.01 Å². The van der Waals surface area contributed by atoms with Gasteiger partial charge in [-0.3, -0.25) is 15.0 Å². The minimum Gasteiger partial charge on any atom is -0.373 e. The van der Waals surface area contributed by atoms with E-state index in [-0.39, 0.29) is 18.1 Å². The molecular formula is C16H26N4O2S. The molecule has 1 saturated heterocycles. The fourth-order valence-corrected chi connectivity index (χ4v) is 4.50. The van der Waals surface area contributed by atoms with Gasteiger partial charge in [0.15, 0.2) is 0 Å². The van der Waals surface area contributed by atoms with Crippen LogP contribution in [-0.4, -0.2) is 52.8 Å². The lowest BCUT2D eigenvalue weighted by atomic mass is 9.90. The summed E-state index contributed by atoms with van der Waals surface area (Å²) in [7, 11) is 0. The fourth-order valence-electron chi connectivity index (χ4n) is 3.57. The molecule has 7 heteroatoms. The summed E-state index contributed by atoms with van der Waals surface area (Å²) in [5.41, 5.74) is 0. The number of ether oxygens (including phenoxy) is 1. The first-order valence-corrected chi connectivity index (χ1v) is 9.43. The van der Waals surface area contributed by atoms with Gasteiger partial charge < -0.3 is 4.74 Å². The summed E-state index contributed by atoms with van der Waals surface area (Å²) >= 11 is 1.53. The standard InChI is InChI=1S/C16H26N4O2S/c1-11-8-20(9-12(2)22-11)10-14(21)17-16-19-18-15(23-16)13-6-4-3-5-7-13/h11-13H,3-10H2,1-2H3,(H,17,19,21)/t11-,12-/m1/s1. The molecule has 3 rings (SSSR count). The summed E-state index contributed by atoms with van der Waals surface area (Å²) < 4.78 is 5.69. The summed E-state index contributed by atoms with van der Waals surface area (Å²) in [4.78, 5) is 14.4. The maximum atomic E-state index is 12.2. The van der Waals surface area contributed by atoms with Gasteiger partial charge in [0.1, 0.15) is 5.01 Å². The van der Waals surface area contributed by atoms with E-state index < -0.39 is 0 Å². The molecule has 0 radical (unpaired) electrons. The topological polar surface area (TPSA) is 67.4 Å². The Morgan fingerprint density at radius 3 is 2.61 bits per heavy atom. The first-order chi connectivity index (χ1) is 11.1. The number of hydrogen-bond donors (Lipinski definition) is 1. The first kappa shape index (κ1) is 16.8. The van der Waals surface area contributed by atoms with E-state index in [0.717, 1.165) is 18.1 Å². The Morgan fingerprint density at radius 2 is 1.91 bits per heavy atom. The van der Waals surface area contributed by atoms with Gasteiger partial charge in [-0.15, -0.1) is 10.2 Å². The third-order valence-corrected chi connectivity index (χ3v) is 5.51. The molecule has 2 atom stereocenters. The van der Waals surface area contributed by atoms with E-state index in [4.69, 9.17) is 4.74 Å². The number of nitrogens with zero attached hydrogens (tertiary/aromatic N) is 3. The van der Waals surface area contributed by atoms with Gasteiger partial charge in [0, 0.05) is 19.0 Å². The number of carbonyl (C=O) groups excluding carboxylic acids is 1. The molecule has 128 valence electrons. The zero-order valence-electron chi connectivity index (χ0n) is 14.0. The number of anilines is 1. The summed E-state index contributed by atoms with van der Waals surface area (Å²) in [6.45, 7) is 6.06. The average molecular weight is 338 g/mol. The minimum absolute atomic E-state index is 0.0161. The van der Waals surface area contributed by atoms with Crippen molar-refractivity contribution in [1.29, 1.82) is 0 Å². The van der Waals surface area contributed by atoms with Gasteiger partial charge >= 0.3 is 0 Å². The molecule has 0 spiro atoms. The molecule has 1 aromatic rings. The Kier molecular flexibility index (Phi) is 5.61. The van der Waals surface area contributed by atoms with Crippen molar-refractivity contribution in [1.82, 2.24) is 15.1 Å². The molecule has 2 fully saturated rings. The molecule has 2 heterocycles. The molecule has 0 bridgehead atoms. The van der Waals surface area contributed by atoms with Crippen molar-refractivity contribution < 1.29 is 9.53 Å². The van der Waals surface area contributed by atoms with Gasteiger partial charge in [-0.25, -0.2) is 0 Å². The monoisotopic (exact) mass is 338 g/mol. The second-order valence-electron chi connectivity index (χ2n) is 6.78. The number of aromatic nitrogens is 2.